The quantitative estimate of drug-likeness (QED) is 0.439. The predicted molar refractivity (Wildman–Crippen MR) is 46.5 cm³/mol. The molecule has 0 aromatic rings. The Kier molecular flexibility index (Phi) is 3.10. The standard InChI is InChI=1S/C10H18O/c1-2-10(7-5-8-10)6-3-4-9-11/h9H,2-8H2,1H3. The summed E-state index contributed by atoms with van der Waals surface area (Å²) in [5.74, 6) is 0. The molecular formula is C10H18O. The number of rotatable bonds is 5. The molecule has 1 fully saturated rings. The van der Waals surface area contributed by atoms with E-state index >= 15 is 0 Å². The predicted octanol–water partition coefficient (Wildman–Crippen LogP) is 2.94. The van der Waals surface area contributed by atoms with Gasteiger partial charge in [-0.1, -0.05) is 19.8 Å². The summed E-state index contributed by atoms with van der Waals surface area (Å²) in [5.41, 5.74) is 0.656. The number of carbonyl (C=O) groups is 1. The van der Waals surface area contributed by atoms with E-state index in [1.54, 1.807) is 0 Å². The lowest BCUT2D eigenvalue weighted by Gasteiger charge is -2.41. The van der Waals surface area contributed by atoms with Crippen LogP contribution in [0.3, 0.4) is 0 Å². The van der Waals surface area contributed by atoms with Crippen LogP contribution >= 0.6 is 0 Å². The lowest BCUT2D eigenvalue weighted by atomic mass is 9.64. The molecule has 1 heteroatoms. The second-order valence-electron chi connectivity index (χ2n) is 3.77. The van der Waals surface area contributed by atoms with Crippen LogP contribution in [0.5, 0.6) is 0 Å². The number of hydrogen-bond donors (Lipinski definition) is 0. The van der Waals surface area contributed by atoms with Gasteiger partial charge in [-0.05, 0) is 31.1 Å². The van der Waals surface area contributed by atoms with E-state index in [0.29, 0.717) is 5.41 Å². The van der Waals surface area contributed by atoms with Crippen molar-refractivity contribution in [1.82, 2.24) is 0 Å². The van der Waals surface area contributed by atoms with E-state index in [1.807, 2.05) is 0 Å². The van der Waals surface area contributed by atoms with Crippen LogP contribution in [-0.2, 0) is 4.79 Å². The van der Waals surface area contributed by atoms with Crippen LogP contribution in [0, 0.1) is 5.41 Å². The molecule has 0 spiro atoms. The molecule has 0 radical (unpaired) electrons. The van der Waals surface area contributed by atoms with Crippen LogP contribution in [0.15, 0.2) is 0 Å². The van der Waals surface area contributed by atoms with Gasteiger partial charge in [0.1, 0.15) is 6.29 Å². The summed E-state index contributed by atoms with van der Waals surface area (Å²) in [6.07, 6.45) is 9.73. The van der Waals surface area contributed by atoms with Crippen molar-refractivity contribution in [3.05, 3.63) is 0 Å². The molecule has 0 N–H and O–H groups in total. The minimum Gasteiger partial charge on any atom is -0.303 e. The first-order valence-corrected chi connectivity index (χ1v) is 4.77. The molecule has 0 aromatic heterocycles. The third-order valence-electron chi connectivity index (χ3n) is 3.19. The van der Waals surface area contributed by atoms with Gasteiger partial charge in [-0.15, -0.1) is 0 Å². The first-order chi connectivity index (χ1) is 5.33. The Morgan fingerprint density at radius 3 is 2.55 bits per heavy atom. The van der Waals surface area contributed by atoms with Crippen molar-refractivity contribution in [3.63, 3.8) is 0 Å². The second-order valence-corrected chi connectivity index (χ2v) is 3.77. The van der Waals surface area contributed by atoms with Crippen molar-refractivity contribution >= 4 is 6.29 Å². The topological polar surface area (TPSA) is 17.1 Å². The van der Waals surface area contributed by atoms with E-state index < -0.39 is 0 Å². The maximum atomic E-state index is 10.1. The number of hydrogen-bond acceptors (Lipinski definition) is 1. The van der Waals surface area contributed by atoms with Crippen molar-refractivity contribution in [1.29, 1.82) is 0 Å². The van der Waals surface area contributed by atoms with Gasteiger partial charge in [0.2, 0.25) is 0 Å². The monoisotopic (exact) mass is 154 g/mol. The van der Waals surface area contributed by atoms with Gasteiger partial charge < -0.3 is 4.79 Å². The van der Waals surface area contributed by atoms with Gasteiger partial charge in [0.15, 0.2) is 0 Å². The van der Waals surface area contributed by atoms with Gasteiger partial charge in [-0.3, -0.25) is 0 Å². The van der Waals surface area contributed by atoms with Crippen molar-refractivity contribution in [2.45, 2.75) is 51.9 Å². The Morgan fingerprint density at radius 1 is 1.45 bits per heavy atom. The number of aldehydes is 1. The van der Waals surface area contributed by atoms with Crippen LogP contribution in [0.4, 0.5) is 0 Å². The van der Waals surface area contributed by atoms with Crippen LogP contribution in [0.25, 0.3) is 0 Å². The second kappa shape index (κ2) is 3.89. The number of unbranched alkanes of at least 4 members (excludes halogenated alkanes) is 1. The van der Waals surface area contributed by atoms with Crippen molar-refractivity contribution in [3.8, 4) is 0 Å². The van der Waals surface area contributed by atoms with Gasteiger partial charge in [0.05, 0.1) is 0 Å². The van der Waals surface area contributed by atoms with E-state index in [2.05, 4.69) is 6.92 Å². The minimum absolute atomic E-state index is 0.656. The Hall–Kier alpha value is -0.330. The summed E-state index contributed by atoms with van der Waals surface area (Å²) < 4.78 is 0. The highest BCUT2D eigenvalue weighted by molar-refractivity contribution is 5.48. The molecule has 1 rings (SSSR count). The molecule has 0 amide bonds. The maximum absolute atomic E-state index is 10.1. The van der Waals surface area contributed by atoms with Gasteiger partial charge in [0, 0.05) is 6.42 Å². The fourth-order valence-corrected chi connectivity index (χ4v) is 2.02. The largest absolute Gasteiger partial charge is 0.303 e. The molecule has 0 aliphatic heterocycles. The zero-order valence-electron chi connectivity index (χ0n) is 7.44. The molecule has 1 saturated carbocycles. The maximum Gasteiger partial charge on any atom is 0.119 e. The summed E-state index contributed by atoms with van der Waals surface area (Å²) >= 11 is 0. The number of carbonyl (C=O) groups excluding carboxylic acids is 1. The molecule has 0 unspecified atom stereocenters. The van der Waals surface area contributed by atoms with E-state index in [1.165, 1.54) is 32.1 Å². The fourth-order valence-electron chi connectivity index (χ4n) is 2.02. The van der Waals surface area contributed by atoms with Gasteiger partial charge >= 0.3 is 0 Å². The lowest BCUT2D eigenvalue weighted by molar-refractivity contribution is -0.108. The Morgan fingerprint density at radius 2 is 2.18 bits per heavy atom. The average molecular weight is 154 g/mol. The van der Waals surface area contributed by atoms with E-state index in [9.17, 15) is 4.79 Å². The molecule has 0 heterocycles. The van der Waals surface area contributed by atoms with Gasteiger partial charge in [-0.2, -0.15) is 0 Å². The third kappa shape index (κ3) is 2.05. The van der Waals surface area contributed by atoms with Crippen LogP contribution in [0.2, 0.25) is 0 Å². The van der Waals surface area contributed by atoms with Crippen molar-refractivity contribution < 1.29 is 4.79 Å². The zero-order chi connectivity index (χ0) is 8.16. The molecule has 1 nitrogen and oxygen atoms in total. The van der Waals surface area contributed by atoms with E-state index in [0.717, 1.165) is 19.1 Å². The molecular weight excluding hydrogens is 136 g/mol. The average Bonchev–Trinajstić information content (AvgIpc) is 1.95. The Bertz CT molecular complexity index is 119. The molecule has 11 heavy (non-hydrogen) atoms. The fraction of sp³-hybridized carbons (Fsp3) is 0.900. The van der Waals surface area contributed by atoms with Gasteiger partial charge in [0.25, 0.3) is 0 Å². The normalized spacial score (nSPS) is 20.8. The van der Waals surface area contributed by atoms with Crippen LogP contribution in [-0.4, -0.2) is 6.29 Å². The minimum atomic E-state index is 0.656. The van der Waals surface area contributed by atoms with Crippen molar-refractivity contribution in [2.75, 3.05) is 0 Å². The third-order valence-corrected chi connectivity index (χ3v) is 3.19. The van der Waals surface area contributed by atoms with Crippen LogP contribution in [0.1, 0.15) is 51.9 Å². The van der Waals surface area contributed by atoms with E-state index in [4.69, 9.17) is 0 Å². The summed E-state index contributed by atoms with van der Waals surface area (Å²) in [6, 6.07) is 0. The van der Waals surface area contributed by atoms with Crippen LogP contribution < -0.4 is 0 Å². The summed E-state index contributed by atoms with van der Waals surface area (Å²) in [6.45, 7) is 2.28. The highest BCUT2D eigenvalue weighted by Gasteiger charge is 2.33. The molecule has 0 bridgehead atoms. The Balaban J connectivity index is 2.16. The summed E-state index contributed by atoms with van der Waals surface area (Å²) in [5, 5.41) is 0. The zero-order valence-corrected chi connectivity index (χ0v) is 7.44. The smallest absolute Gasteiger partial charge is 0.119 e. The SMILES string of the molecule is CCC1(CCCC=O)CCC1. The Labute approximate surface area is 69.2 Å². The summed E-state index contributed by atoms with van der Waals surface area (Å²) in [4.78, 5) is 10.1. The highest BCUT2D eigenvalue weighted by Crippen LogP contribution is 2.47. The van der Waals surface area contributed by atoms with Gasteiger partial charge in [-0.25, -0.2) is 0 Å². The molecule has 0 atom stereocenters. The lowest BCUT2D eigenvalue weighted by Crippen LogP contribution is -2.28. The molecule has 1 aliphatic rings. The first-order valence-electron chi connectivity index (χ1n) is 4.77. The molecule has 0 saturated heterocycles. The molecule has 0 aromatic carbocycles. The molecule has 1 aliphatic carbocycles. The highest BCUT2D eigenvalue weighted by atomic mass is 16.1. The summed E-state index contributed by atoms with van der Waals surface area (Å²) in [7, 11) is 0. The van der Waals surface area contributed by atoms with Crippen molar-refractivity contribution in [2.24, 2.45) is 5.41 Å². The first kappa shape index (κ1) is 8.76. The van der Waals surface area contributed by atoms with E-state index in [-0.39, 0.29) is 0 Å². The molecule has 64 valence electrons.